The van der Waals surface area contributed by atoms with E-state index >= 15 is 0 Å². The van der Waals surface area contributed by atoms with Crippen molar-refractivity contribution in [2.45, 2.75) is 463 Å². The molecule has 0 aromatic carbocycles. The minimum atomic E-state index is -1.10. The van der Waals surface area contributed by atoms with Crippen LogP contribution in [0.4, 0.5) is 0 Å². The van der Waals surface area contributed by atoms with E-state index in [1.165, 1.54) is 189 Å². The maximum absolute atomic E-state index is 2.62. The lowest BCUT2D eigenvalue weighted by atomic mass is 9.89. The van der Waals surface area contributed by atoms with Crippen LogP contribution in [0.15, 0.2) is 109 Å². The van der Waals surface area contributed by atoms with Crippen molar-refractivity contribution < 1.29 is 0 Å². The molecule has 0 aliphatic rings. The highest BCUT2D eigenvalue weighted by atomic mass is 28.3. The van der Waals surface area contributed by atoms with E-state index < -0.39 is 72.7 Å². The predicted octanol–water partition coefficient (Wildman–Crippen LogP) is 39.0. The molecule has 0 aromatic heterocycles. The van der Waals surface area contributed by atoms with E-state index in [0.29, 0.717) is 47.3 Å². The van der Waals surface area contributed by atoms with Crippen molar-refractivity contribution in [3.05, 3.63) is 109 Å². The number of unbranched alkanes of at least 4 members (excludes halogenated alkanes) is 13. The average Bonchev–Trinajstić information content (AvgIpc) is 0.881. The Kier molecular flexibility index (Phi) is 63.9. The first kappa shape index (κ1) is 119. The van der Waals surface area contributed by atoms with Gasteiger partial charge in [-0.25, -0.2) is 0 Å². The Bertz CT molecular complexity index is 2620. The van der Waals surface area contributed by atoms with Crippen LogP contribution in [0.25, 0.3) is 0 Å². The van der Waals surface area contributed by atoms with Crippen molar-refractivity contribution in [2.75, 3.05) is 0 Å². The summed E-state index contributed by atoms with van der Waals surface area (Å²) >= 11 is 0. The quantitative estimate of drug-likeness (QED) is 0.0246. The Hall–Kier alpha value is -0.388. The topological polar surface area (TPSA) is 0 Å². The Morgan fingerprint density at radius 2 is 0.478 bits per heavy atom. The number of rotatable bonds is 62. The van der Waals surface area contributed by atoms with Gasteiger partial charge in [-0.05, 0) is 146 Å². The van der Waals surface area contributed by atoms with E-state index in [1.807, 2.05) is 0 Å². The molecule has 0 rings (SSSR count). The summed E-state index contributed by atoms with van der Waals surface area (Å²) in [7, 11) is -9.53. The molecule has 0 aromatic rings. The molecule has 0 bridgehead atoms. The number of hydrogen-bond donors (Lipinski definition) is 0. The van der Waals surface area contributed by atoms with Crippen LogP contribution in [0.1, 0.15) is 232 Å². The van der Waals surface area contributed by atoms with Crippen molar-refractivity contribution in [1.29, 1.82) is 0 Å². The zero-order valence-corrected chi connectivity index (χ0v) is 95.9. The van der Waals surface area contributed by atoms with Gasteiger partial charge in [-0.3, -0.25) is 0 Å². The SMILES string of the molecule is CC(C)CCCCCC/C=C/C(/C=C/C(/C=C/CC(C)C[Si](C)(C)C)C(C)C[Si](C)(C)C)C(C)C[Si](C)(C)C.CC(C)CCCCCCCC(/C=C/C=C/C(/C=C/C(C)C[Si](C)(C)C)C(C)C[Si](C)(C)C)C(C)C[Si](C)(C)C.CCCCCCC/C=C/C(C/C=C/C(/C=C/C(C)C[Si](C)(C)C)C(C)C[Si](C)(C)C)C(C)C[Si](C)(C)C. The molecule has 15 unspecified atom stereocenters. The van der Waals surface area contributed by atoms with Gasteiger partial charge in [0.25, 0.3) is 0 Å². The monoisotopic (exact) mass is 1740 g/mol. The molecule has 0 nitrogen and oxygen atoms in total. The third kappa shape index (κ3) is 80.5. The average molecular weight is 1750 g/mol. The summed E-state index contributed by atoms with van der Waals surface area (Å²) in [5, 5.41) is 0. The first-order valence-electron chi connectivity index (χ1n) is 49.6. The lowest BCUT2D eigenvalue weighted by Crippen LogP contribution is -2.26. The number of allylic oxidation sites excluding steroid dienone is 18. The van der Waals surface area contributed by atoms with Gasteiger partial charge in [-0.1, -0.05) is 527 Å². The lowest BCUT2D eigenvalue weighted by Gasteiger charge is -2.28. The standard InChI is InChI=1S/2C36H74Si3.C34H70Si3/c1-31(2)22-18-16-15-17-19-23-35(33(4)29-38(9,10)11)24-20-21-25-36(34(5)30-39(12,13)14)27-26-32(3)28-37(6,7)8;1-31(2)22-19-17-15-16-18-20-24-35(33(4)29-38(9,10)11)26-27-36(34(5)30-39(12,13)14)25-21-23-32(3)28-37(6,7)8;1-14-15-16-17-18-19-20-22-33(31(3)28-36(8,9)10)23-21-24-34(32(4)29-37(11,12)13)26-25-30(2)27-35(5,6)7/h2*20-21,24-27,31-36H,15-19,22-23,28-30H2,1-14H3;20-22,24-26,30-34H,14-19,23,27-29H2,1-13H3/b2*24-20+,25-21+,27-26+;22-20+,24-21+,26-25+. The highest BCUT2D eigenvalue weighted by molar-refractivity contribution is 6.79. The van der Waals surface area contributed by atoms with E-state index in [-0.39, 0.29) is 0 Å². The molecule has 0 radical (unpaired) electrons. The van der Waals surface area contributed by atoms with Gasteiger partial charge in [0.15, 0.2) is 0 Å². The van der Waals surface area contributed by atoms with Crippen LogP contribution < -0.4 is 0 Å². The maximum atomic E-state index is 2.62. The second-order valence-electron chi connectivity index (χ2n) is 50.9. The molecule has 0 spiro atoms. The summed E-state index contributed by atoms with van der Waals surface area (Å²) in [5.74, 6) is 12.0. The number of hydrogen-bond acceptors (Lipinski definition) is 0. The molecule has 9 heteroatoms. The van der Waals surface area contributed by atoms with Crippen molar-refractivity contribution in [1.82, 2.24) is 0 Å². The second-order valence-corrected chi connectivity index (χ2v) is 101. The Morgan fingerprint density at radius 1 is 0.209 bits per heavy atom. The first-order valence-corrected chi connectivity index (χ1v) is 82.9. The molecular weight excluding hydrogens is 1530 g/mol. The molecule has 0 fully saturated rings. The minimum Gasteiger partial charge on any atom is -0.0882 e. The molecule has 0 N–H and O–H groups in total. The third-order valence-electron chi connectivity index (χ3n) is 23.3. The summed E-state index contributed by atoms with van der Waals surface area (Å²) in [6.07, 6.45) is 74.5. The summed E-state index contributed by atoms with van der Waals surface area (Å²) in [4.78, 5) is 0. The summed E-state index contributed by atoms with van der Waals surface area (Å²) < 4.78 is 0. The van der Waals surface area contributed by atoms with Crippen LogP contribution in [0, 0.1) is 101 Å². The van der Waals surface area contributed by atoms with Crippen molar-refractivity contribution in [3.8, 4) is 0 Å². The van der Waals surface area contributed by atoms with Crippen LogP contribution in [0.2, 0.25) is 231 Å². The van der Waals surface area contributed by atoms with E-state index in [1.54, 1.807) is 0 Å². The van der Waals surface area contributed by atoms with Crippen LogP contribution in [-0.2, 0) is 0 Å². The highest BCUT2D eigenvalue weighted by Gasteiger charge is 2.29. The fourth-order valence-corrected chi connectivity index (χ4v) is 38.5. The van der Waals surface area contributed by atoms with Crippen LogP contribution in [0.5, 0.6) is 0 Å². The molecular formula is C106H218Si9. The smallest absolute Gasteiger partial charge is 0.0448 e. The van der Waals surface area contributed by atoms with E-state index in [0.717, 1.165) is 53.3 Å². The molecule has 0 heterocycles. The highest BCUT2D eigenvalue weighted by Crippen LogP contribution is 2.36. The molecule has 0 aliphatic heterocycles. The van der Waals surface area contributed by atoms with E-state index in [2.05, 4.69) is 383 Å². The van der Waals surface area contributed by atoms with Crippen LogP contribution >= 0.6 is 0 Å². The Balaban J connectivity index is -0.00000164. The molecule has 0 saturated carbocycles. The molecule has 115 heavy (non-hydrogen) atoms. The summed E-state index contributed by atoms with van der Waals surface area (Å²) in [5.41, 5.74) is 0. The maximum Gasteiger partial charge on any atom is 0.0448 e. The van der Waals surface area contributed by atoms with Gasteiger partial charge < -0.3 is 0 Å². The van der Waals surface area contributed by atoms with Gasteiger partial charge in [0.2, 0.25) is 0 Å². The molecule has 0 amide bonds. The van der Waals surface area contributed by atoms with Gasteiger partial charge in [0.1, 0.15) is 0 Å². The lowest BCUT2D eigenvalue weighted by molar-refractivity contribution is 0.408. The molecule has 0 saturated heterocycles. The Labute approximate surface area is 739 Å². The Morgan fingerprint density at radius 3 is 0.826 bits per heavy atom. The fraction of sp³-hybridized carbons (Fsp3) is 0.830. The first-order chi connectivity index (χ1) is 52.5. The van der Waals surface area contributed by atoms with Crippen molar-refractivity contribution in [2.24, 2.45) is 101 Å². The molecule has 15 atom stereocenters. The van der Waals surface area contributed by atoms with Gasteiger partial charge in [-0.15, -0.1) is 0 Å². The minimum absolute atomic E-state index is 0.550. The third-order valence-corrected chi connectivity index (χ3v) is 40.2. The fourth-order valence-electron chi connectivity index (χ4n) is 18.9. The van der Waals surface area contributed by atoms with Gasteiger partial charge in [0, 0.05) is 72.7 Å². The largest absolute Gasteiger partial charge is 0.0882 e. The van der Waals surface area contributed by atoms with Gasteiger partial charge in [0.05, 0.1) is 0 Å². The van der Waals surface area contributed by atoms with Crippen LogP contribution in [-0.4, -0.2) is 72.7 Å². The summed E-state index contributed by atoms with van der Waals surface area (Å²) in [6, 6.07) is 12.7. The van der Waals surface area contributed by atoms with Gasteiger partial charge in [-0.2, -0.15) is 0 Å². The van der Waals surface area contributed by atoms with Crippen LogP contribution in [0.3, 0.4) is 0 Å². The van der Waals surface area contributed by atoms with Crippen molar-refractivity contribution in [3.63, 3.8) is 0 Å². The predicted molar refractivity (Wildman–Crippen MR) is 571 cm³/mol. The summed E-state index contributed by atoms with van der Waals surface area (Å²) in [6.45, 7) is 102. The second kappa shape index (κ2) is 61.9. The molecule has 678 valence electrons. The zero-order chi connectivity index (χ0) is 89.3. The molecule has 0 aliphatic carbocycles. The van der Waals surface area contributed by atoms with E-state index in [9.17, 15) is 0 Å². The zero-order valence-electron chi connectivity index (χ0n) is 86.9. The van der Waals surface area contributed by atoms with Gasteiger partial charge >= 0.3 is 0 Å². The normalized spacial score (nSPS) is 18.0. The van der Waals surface area contributed by atoms with Crippen molar-refractivity contribution >= 4 is 72.7 Å². The van der Waals surface area contributed by atoms with E-state index in [4.69, 9.17) is 0 Å².